The minimum Gasteiger partial charge on any atom is -0.494 e. The van der Waals surface area contributed by atoms with Crippen LogP contribution in [0.3, 0.4) is 0 Å². The van der Waals surface area contributed by atoms with Gasteiger partial charge in [0.15, 0.2) is 0 Å². The van der Waals surface area contributed by atoms with Crippen LogP contribution in [0.25, 0.3) is 10.9 Å². The molecule has 0 saturated carbocycles. The molecule has 106 valence electrons. The fourth-order valence-corrected chi connectivity index (χ4v) is 2.14. The van der Waals surface area contributed by atoms with Crippen LogP contribution in [0.15, 0.2) is 48.8 Å². The van der Waals surface area contributed by atoms with Crippen LogP contribution in [0.5, 0.6) is 17.4 Å². The van der Waals surface area contributed by atoms with Gasteiger partial charge in [0.2, 0.25) is 5.88 Å². The molecule has 0 amide bonds. The summed E-state index contributed by atoms with van der Waals surface area (Å²) in [6.07, 6.45) is 1.46. The molecule has 0 spiro atoms. The Bertz CT molecular complexity index is 760. The zero-order valence-electron chi connectivity index (χ0n) is 11.4. The number of hydrogen-bond donors (Lipinski definition) is 0. The second kappa shape index (κ2) is 5.97. The summed E-state index contributed by atoms with van der Waals surface area (Å²) >= 11 is 5.96. The Kier molecular flexibility index (Phi) is 3.88. The molecule has 21 heavy (non-hydrogen) atoms. The molecule has 3 rings (SSSR count). The quantitative estimate of drug-likeness (QED) is 0.713. The summed E-state index contributed by atoms with van der Waals surface area (Å²) in [5.41, 5.74) is 0.749. The second-order valence-corrected chi connectivity index (χ2v) is 4.78. The third kappa shape index (κ3) is 3.06. The molecule has 5 heteroatoms. The van der Waals surface area contributed by atoms with Crippen molar-refractivity contribution in [1.29, 1.82) is 0 Å². The average molecular weight is 301 g/mol. The Morgan fingerprint density at radius 1 is 1.00 bits per heavy atom. The first-order chi connectivity index (χ1) is 10.3. The molecule has 0 N–H and O–H groups in total. The summed E-state index contributed by atoms with van der Waals surface area (Å²) in [7, 11) is 0. The van der Waals surface area contributed by atoms with Gasteiger partial charge in [0, 0.05) is 5.02 Å². The molecular formula is C16H13ClN2O2. The van der Waals surface area contributed by atoms with E-state index in [9.17, 15) is 0 Å². The SMILES string of the molecule is CCOc1ccc(Oc2ncnc3cc(Cl)ccc23)cc1. The predicted octanol–water partition coefficient (Wildman–Crippen LogP) is 4.47. The van der Waals surface area contributed by atoms with Gasteiger partial charge < -0.3 is 9.47 Å². The fraction of sp³-hybridized carbons (Fsp3) is 0.125. The van der Waals surface area contributed by atoms with E-state index in [4.69, 9.17) is 21.1 Å². The monoisotopic (exact) mass is 300 g/mol. The molecule has 3 aromatic rings. The summed E-state index contributed by atoms with van der Waals surface area (Å²) < 4.78 is 11.2. The van der Waals surface area contributed by atoms with Gasteiger partial charge in [-0.2, -0.15) is 0 Å². The summed E-state index contributed by atoms with van der Waals surface area (Å²) in [6.45, 7) is 2.58. The van der Waals surface area contributed by atoms with Crippen molar-refractivity contribution < 1.29 is 9.47 Å². The highest BCUT2D eigenvalue weighted by Crippen LogP contribution is 2.29. The van der Waals surface area contributed by atoms with Crippen LogP contribution in [-0.4, -0.2) is 16.6 Å². The molecule has 0 saturated heterocycles. The van der Waals surface area contributed by atoms with Crippen molar-refractivity contribution in [3.8, 4) is 17.4 Å². The number of aromatic nitrogens is 2. The predicted molar refractivity (Wildman–Crippen MR) is 82.2 cm³/mol. The molecule has 4 nitrogen and oxygen atoms in total. The maximum atomic E-state index is 5.96. The molecule has 0 aliphatic carbocycles. The van der Waals surface area contributed by atoms with E-state index in [0.717, 1.165) is 16.7 Å². The van der Waals surface area contributed by atoms with Crippen LogP contribution in [0.1, 0.15) is 6.92 Å². The third-order valence-electron chi connectivity index (χ3n) is 2.91. The smallest absolute Gasteiger partial charge is 0.230 e. The zero-order chi connectivity index (χ0) is 14.7. The van der Waals surface area contributed by atoms with Gasteiger partial charge in [-0.05, 0) is 49.4 Å². The van der Waals surface area contributed by atoms with E-state index in [1.807, 2.05) is 37.3 Å². The molecule has 1 aromatic heterocycles. The van der Waals surface area contributed by atoms with Crippen molar-refractivity contribution in [2.24, 2.45) is 0 Å². The molecule has 1 heterocycles. The van der Waals surface area contributed by atoms with E-state index in [1.165, 1.54) is 6.33 Å². The maximum Gasteiger partial charge on any atom is 0.230 e. The van der Waals surface area contributed by atoms with Gasteiger partial charge in [0.05, 0.1) is 17.5 Å². The van der Waals surface area contributed by atoms with Gasteiger partial charge in [-0.25, -0.2) is 9.97 Å². The van der Waals surface area contributed by atoms with E-state index in [0.29, 0.717) is 23.3 Å². The van der Waals surface area contributed by atoms with Crippen LogP contribution in [0, 0.1) is 0 Å². The van der Waals surface area contributed by atoms with Crippen LogP contribution >= 0.6 is 11.6 Å². The minimum atomic E-state index is 0.501. The Morgan fingerprint density at radius 3 is 2.52 bits per heavy atom. The highest BCUT2D eigenvalue weighted by Gasteiger charge is 2.06. The Labute approximate surface area is 127 Å². The molecule has 0 fully saturated rings. The van der Waals surface area contributed by atoms with Gasteiger partial charge in [-0.3, -0.25) is 0 Å². The second-order valence-electron chi connectivity index (χ2n) is 4.35. The Hall–Kier alpha value is -2.33. The van der Waals surface area contributed by atoms with E-state index >= 15 is 0 Å². The molecule has 0 atom stereocenters. The molecular weight excluding hydrogens is 288 g/mol. The highest BCUT2D eigenvalue weighted by atomic mass is 35.5. The fourth-order valence-electron chi connectivity index (χ4n) is 1.97. The van der Waals surface area contributed by atoms with Gasteiger partial charge in [-0.15, -0.1) is 0 Å². The van der Waals surface area contributed by atoms with Crippen molar-refractivity contribution in [2.45, 2.75) is 6.92 Å². The van der Waals surface area contributed by atoms with Crippen LogP contribution in [0.2, 0.25) is 5.02 Å². The van der Waals surface area contributed by atoms with Crippen LogP contribution in [-0.2, 0) is 0 Å². The van der Waals surface area contributed by atoms with Gasteiger partial charge in [-0.1, -0.05) is 11.6 Å². The van der Waals surface area contributed by atoms with Gasteiger partial charge in [0.1, 0.15) is 17.8 Å². The molecule has 0 aliphatic heterocycles. The summed E-state index contributed by atoms with van der Waals surface area (Å²) in [5, 5.41) is 1.45. The number of ether oxygens (including phenoxy) is 2. The number of halogens is 1. The number of nitrogens with zero attached hydrogens (tertiary/aromatic N) is 2. The van der Waals surface area contributed by atoms with Crippen LogP contribution < -0.4 is 9.47 Å². The van der Waals surface area contributed by atoms with Crippen molar-refractivity contribution in [2.75, 3.05) is 6.61 Å². The largest absolute Gasteiger partial charge is 0.494 e. The normalized spacial score (nSPS) is 10.6. The van der Waals surface area contributed by atoms with E-state index in [2.05, 4.69) is 9.97 Å². The van der Waals surface area contributed by atoms with Crippen molar-refractivity contribution in [3.05, 3.63) is 53.8 Å². The summed E-state index contributed by atoms with van der Waals surface area (Å²) in [5.74, 6) is 2.00. The standard InChI is InChI=1S/C16H13ClN2O2/c1-2-20-12-4-6-13(7-5-12)21-16-14-8-3-11(17)9-15(14)18-10-19-16/h3-10H,2H2,1H3. The molecule has 0 aliphatic rings. The highest BCUT2D eigenvalue weighted by molar-refractivity contribution is 6.31. The van der Waals surface area contributed by atoms with Gasteiger partial charge >= 0.3 is 0 Å². The molecule has 2 aromatic carbocycles. The van der Waals surface area contributed by atoms with E-state index < -0.39 is 0 Å². The lowest BCUT2D eigenvalue weighted by molar-refractivity contribution is 0.339. The number of rotatable bonds is 4. The first-order valence-corrected chi connectivity index (χ1v) is 6.95. The summed E-state index contributed by atoms with van der Waals surface area (Å²) in [4.78, 5) is 8.37. The third-order valence-corrected chi connectivity index (χ3v) is 3.15. The maximum absolute atomic E-state index is 5.96. The first kappa shape index (κ1) is 13.6. The number of hydrogen-bond acceptors (Lipinski definition) is 4. The number of benzene rings is 2. The van der Waals surface area contributed by atoms with Crippen molar-refractivity contribution in [1.82, 2.24) is 9.97 Å². The lowest BCUT2D eigenvalue weighted by atomic mass is 10.2. The Balaban J connectivity index is 1.90. The summed E-state index contributed by atoms with van der Waals surface area (Å²) in [6, 6.07) is 12.8. The van der Waals surface area contributed by atoms with E-state index in [1.54, 1.807) is 12.1 Å². The number of fused-ring (bicyclic) bond motifs is 1. The van der Waals surface area contributed by atoms with E-state index in [-0.39, 0.29) is 0 Å². The first-order valence-electron chi connectivity index (χ1n) is 6.57. The van der Waals surface area contributed by atoms with Crippen LogP contribution in [0.4, 0.5) is 0 Å². The average Bonchev–Trinajstić information content (AvgIpc) is 2.49. The molecule has 0 bridgehead atoms. The van der Waals surface area contributed by atoms with Crippen molar-refractivity contribution in [3.63, 3.8) is 0 Å². The van der Waals surface area contributed by atoms with Crippen molar-refractivity contribution >= 4 is 22.5 Å². The molecule has 0 unspecified atom stereocenters. The topological polar surface area (TPSA) is 44.2 Å². The lowest BCUT2D eigenvalue weighted by Crippen LogP contribution is -1.93. The van der Waals surface area contributed by atoms with Gasteiger partial charge in [0.25, 0.3) is 0 Å². The molecule has 0 radical (unpaired) electrons. The minimum absolute atomic E-state index is 0.501. The Morgan fingerprint density at radius 2 is 1.76 bits per heavy atom. The zero-order valence-corrected chi connectivity index (χ0v) is 12.2. The lowest BCUT2D eigenvalue weighted by Gasteiger charge is -2.08.